The molecule has 0 radical (unpaired) electrons. The molecule has 4 heterocycles. The van der Waals surface area contributed by atoms with Gasteiger partial charge >= 0.3 is 16.4 Å². The van der Waals surface area contributed by atoms with Gasteiger partial charge in [0.15, 0.2) is 28.8 Å². The number of carbonyl (C=O) groups excluding carboxylic acids is 2. The van der Waals surface area contributed by atoms with E-state index in [-0.39, 0.29) is 17.2 Å². The Hall–Kier alpha value is -4.69. The Balaban J connectivity index is 1.36. The van der Waals surface area contributed by atoms with Crippen LogP contribution in [0.4, 0.5) is 5.13 Å². The summed E-state index contributed by atoms with van der Waals surface area (Å²) in [5, 5.41) is 18.6. The first kappa shape index (κ1) is 40.5. The van der Waals surface area contributed by atoms with Gasteiger partial charge in [-0.25, -0.2) is 14.3 Å². The summed E-state index contributed by atoms with van der Waals surface area (Å²) in [6.07, 6.45) is 7.08. The highest BCUT2D eigenvalue weighted by Gasteiger charge is 2.58. The molecule has 0 unspecified atom stereocenters. The number of pyridine rings is 1. The molecular weight excluding hydrogens is 743 g/mol. The Morgan fingerprint density at radius 2 is 1.96 bits per heavy atom. The van der Waals surface area contributed by atoms with Crippen molar-refractivity contribution < 1.29 is 50.9 Å². The van der Waals surface area contributed by atoms with Crippen LogP contribution in [0.5, 0.6) is 5.75 Å². The fourth-order valence-corrected chi connectivity index (χ4v) is 7.35. The number of hydrogen-bond donors (Lipinski definition) is 5. The molecule has 2 aliphatic heterocycles. The molecule has 19 heteroatoms. The largest absolute Gasteiger partial charge is 0.485 e. The number of aryl methyl sites for hydroxylation is 3. The molecule has 0 bridgehead atoms. The first-order chi connectivity index (χ1) is 25.5. The molecule has 5 rings (SSSR count). The van der Waals surface area contributed by atoms with Gasteiger partial charge in [-0.3, -0.25) is 14.1 Å². The van der Waals surface area contributed by atoms with Gasteiger partial charge in [-0.1, -0.05) is 31.0 Å². The van der Waals surface area contributed by atoms with E-state index in [1.54, 1.807) is 6.07 Å². The first-order valence-corrected chi connectivity index (χ1v) is 19.8. The highest BCUT2D eigenvalue weighted by Crippen LogP contribution is 2.37. The number of oxime groups is 1. The minimum Gasteiger partial charge on any atom is -0.485 e. The van der Waals surface area contributed by atoms with Gasteiger partial charge in [-0.15, -0.1) is 15.6 Å². The normalized spacial score (nSPS) is 19.3. The summed E-state index contributed by atoms with van der Waals surface area (Å²) in [4.78, 5) is 48.7. The van der Waals surface area contributed by atoms with Crippen molar-refractivity contribution in [1.82, 2.24) is 15.4 Å². The molecule has 7 N–H and O–H groups in total. The number of carboxylic acids is 1. The van der Waals surface area contributed by atoms with E-state index < -0.39 is 57.2 Å². The fraction of sp³-hybridized carbons (Fsp3) is 0.486. The Morgan fingerprint density at radius 1 is 1.22 bits per heavy atom. The number of aliphatic carboxylic acids is 1. The SMILES string of the molecule is CCCCCc1ccc(-c2ccc3c(c2)CC[C@H]([C@](C)(O/N=C(\C(=O)N[C@@H]2C(=O)N(OS(=O)(=O)O)C2(C)C)c2csc(N)n2)C(=O)O)O3)c[n+]1CCCN. The van der Waals surface area contributed by atoms with Gasteiger partial charge in [0, 0.05) is 29.9 Å². The van der Waals surface area contributed by atoms with E-state index in [9.17, 15) is 27.9 Å². The lowest BCUT2D eigenvalue weighted by Gasteiger charge is -2.50. The molecule has 0 spiro atoms. The Bertz CT molecular complexity index is 2040. The van der Waals surface area contributed by atoms with E-state index in [1.165, 1.54) is 38.3 Å². The maximum atomic E-state index is 13.5. The average Bonchev–Trinajstić information content (AvgIpc) is 3.56. The number of benzene rings is 1. The molecule has 2 aliphatic rings. The van der Waals surface area contributed by atoms with Gasteiger partial charge in [-0.2, -0.15) is 13.5 Å². The van der Waals surface area contributed by atoms with Crippen molar-refractivity contribution in [3.8, 4) is 16.9 Å². The molecular formula is C35H46N7O10S2+. The van der Waals surface area contributed by atoms with Crippen LogP contribution in [-0.2, 0) is 53.3 Å². The number of carbonyl (C=O) groups is 3. The number of rotatable bonds is 17. The summed E-state index contributed by atoms with van der Waals surface area (Å²) in [5.74, 6) is -2.92. The molecule has 2 aromatic heterocycles. The van der Waals surface area contributed by atoms with Crippen molar-refractivity contribution in [1.29, 1.82) is 0 Å². The molecule has 2 amide bonds. The third-order valence-electron chi connectivity index (χ3n) is 9.56. The van der Waals surface area contributed by atoms with E-state index in [0.29, 0.717) is 23.8 Å². The zero-order valence-electron chi connectivity index (χ0n) is 30.5. The number of nitrogens with zero attached hydrogens (tertiary/aromatic N) is 4. The van der Waals surface area contributed by atoms with Crippen LogP contribution in [0.25, 0.3) is 11.1 Å². The average molecular weight is 789 g/mol. The van der Waals surface area contributed by atoms with Gasteiger partial charge in [0.05, 0.1) is 5.54 Å². The monoisotopic (exact) mass is 788 g/mol. The Labute approximate surface area is 317 Å². The van der Waals surface area contributed by atoms with Crippen molar-refractivity contribution in [2.75, 3.05) is 12.3 Å². The summed E-state index contributed by atoms with van der Waals surface area (Å²) in [7, 11) is -5.03. The van der Waals surface area contributed by atoms with E-state index in [2.05, 4.69) is 49.6 Å². The van der Waals surface area contributed by atoms with E-state index in [4.69, 9.17) is 25.6 Å². The van der Waals surface area contributed by atoms with Crippen LogP contribution in [0, 0.1) is 0 Å². The maximum absolute atomic E-state index is 13.5. The van der Waals surface area contributed by atoms with Crippen LogP contribution in [-0.4, -0.2) is 81.5 Å². The summed E-state index contributed by atoms with van der Waals surface area (Å²) in [6, 6.07) is 8.68. The second-order valence-electron chi connectivity index (χ2n) is 13.9. The number of hydrogen-bond acceptors (Lipinski definition) is 13. The molecule has 0 aliphatic carbocycles. The van der Waals surface area contributed by atoms with Crippen LogP contribution >= 0.6 is 11.3 Å². The number of nitrogens with one attached hydrogen (secondary N) is 1. The predicted octanol–water partition coefficient (Wildman–Crippen LogP) is 2.56. The number of nitrogens with two attached hydrogens (primary N) is 2. The van der Waals surface area contributed by atoms with E-state index in [1.807, 2.05) is 12.1 Å². The second kappa shape index (κ2) is 16.4. The number of fused-ring (bicyclic) bond motifs is 1. The lowest BCUT2D eigenvalue weighted by Crippen LogP contribution is -2.76. The Kier molecular flexibility index (Phi) is 12.3. The van der Waals surface area contributed by atoms with Gasteiger partial charge in [-0.05, 0) is 75.9 Å². The van der Waals surface area contributed by atoms with Gasteiger partial charge in [0.2, 0.25) is 0 Å². The highest BCUT2D eigenvalue weighted by atomic mass is 32.3. The summed E-state index contributed by atoms with van der Waals surface area (Å²) in [5.41, 5.74) is 11.7. The number of hydroxylamine groups is 2. The molecule has 1 aromatic carbocycles. The number of aromatic nitrogens is 2. The molecule has 0 saturated carbocycles. The standard InChI is InChI=1S/C35H45N7O10S2/c1-5-6-7-9-24-13-10-23(19-41(24)17-8-16-36)21-11-14-26-22(18-21)12-15-27(50-26)35(4,32(45)46)51-40-28(25-20-53-33(37)38-25)30(43)39-29-31(44)42(34(29,2)3)52-54(47,48)49/h10-11,13-14,18-20,27,29H,5-9,12,15-17,36H2,1-4H3,(H4-,37,38,39,43,45,46,47,48,49)/p+1/b40-28-/t27-,29-,35+/m1/s1. The topological polar surface area (TPSA) is 250 Å². The van der Waals surface area contributed by atoms with Crippen molar-refractivity contribution in [2.24, 2.45) is 10.9 Å². The Morgan fingerprint density at radius 3 is 2.59 bits per heavy atom. The van der Waals surface area contributed by atoms with Crippen LogP contribution in [0.2, 0.25) is 0 Å². The smallest absolute Gasteiger partial charge is 0.418 e. The molecule has 292 valence electrons. The number of anilines is 1. The van der Waals surface area contributed by atoms with Crippen LogP contribution in [0.15, 0.2) is 47.1 Å². The quantitative estimate of drug-likeness (QED) is 0.0330. The van der Waals surface area contributed by atoms with Crippen LogP contribution in [0.3, 0.4) is 0 Å². The zero-order chi connectivity index (χ0) is 39.4. The highest BCUT2D eigenvalue weighted by molar-refractivity contribution is 7.80. The third kappa shape index (κ3) is 8.81. The summed E-state index contributed by atoms with van der Waals surface area (Å²) in [6.45, 7) is 7.64. The number of amides is 2. The predicted molar refractivity (Wildman–Crippen MR) is 197 cm³/mol. The van der Waals surface area contributed by atoms with Crippen molar-refractivity contribution in [3.63, 3.8) is 0 Å². The first-order valence-electron chi connectivity index (χ1n) is 17.5. The molecule has 3 atom stereocenters. The number of thiazole rings is 1. The lowest BCUT2D eigenvalue weighted by molar-refractivity contribution is -0.703. The van der Waals surface area contributed by atoms with Crippen LogP contribution < -0.4 is 26.1 Å². The van der Waals surface area contributed by atoms with Gasteiger partial charge in [0.1, 0.15) is 24.0 Å². The molecule has 1 fully saturated rings. The molecule has 17 nitrogen and oxygen atoms in total. The maximum Gasteiger partial charge on any atom is 0.418 e. The van der Waals surface area contributed by atoms with Gasteiger partial charge in [0.25, 0.3) is 17.4 Å². The number of carboxylic acid groups (broad SMARTS) is 1. The molecule has 1 saturated heterocycles. The third-order valence-corrected chi connectivity index (χ3v) is 10.6. The number of unbranched alkanes of at least 4 members (excludes halogenated alkanes) is 2. The lowest BCUT2D eigenvalue weighted by atomic mass is 9.84. The van der Waals surface area contributed by atoms with Crippen molar-refractivity contribution in [3.05, 3.63) is 58.9 Å². The van der Waals surface area contributed by atoms with Gasteiger partial charge < -0.3 is 31.5 Å². The molecule has 3 aromatic rings. The van der Waals surface area contributed by atoms with E-state index in [0.717, 1.165) is 60.3 Å². The number of β-lactam (4-membered cyclic amide) rings is 1. The minimum absolute atomic E-state index is 0.0687. The minimum atomic E-state index is -5.03. The zero-order valence-corrected chi connectivity index (χ0v) is 32.1. The van der Waals surface area contributed by atoms with E-state index >= 15 is 0 Å². The van der Waals surface area contributed by atoms with Crippen molar-refractivity contribution in [2.45, 2.75) is 102 Å². The number of ether oxygens (including phenoxy) is 1. The number of nitrogen functional groups attached to an aromatic ring is 1. The summed E-state index contributed by atoms with van der Waals surface area (Å²) < 4.78 is 44.3. The molecule has 54 heavy (non-hydrogen) atoms. The second-order valence-corrected chi connectivity index (χ2v) is 15.8. The summed E-state index contributed by atoms with van der Waals surface area (Å²) >= 11 is 0.977. The van der Waals surface area contributed by atoms with Crippen molar-refractivity contribution >= 4 is 50.4 Å². The van der Waals surface area contributed by atoms with Crippen LogP contribution in [0.1, 0.15) is 76.8 Å². The fourth-order valence-electron chi connectivity index (χ4n) is 6.35.